The van der Waals surface area contributed by atoms with Gasteiger partial charge in [0.1, 0.15) is 5.76 Å². The van der Waals surface area contributed by atoms with Gasteiger partial charge in [0.05, 0.1) is 18.7 Å². The van der Waals surface area contributed by atoms with Crippen LogP contribution in [0.2, 0.25) is 0 Å². The molecule has 1 atom stereocenters. The van der Waals surface area contributed by atoms with Gasteiger partial charge in [0.15, 0.2) is 11.5 Å². The predicted octanol–water partition coefficient (Wildman–Crippen LogP) is 4.34. The highest BCUT2D eigenvalue weighted by molar-refractivity contribution is 6.51. The van der Waals surface area contributed by atoms with Crippen LogP contribution in [0.4, 0.5) is 5.69 Å². The molecule has 31 heavy (non-hydrogen) atoms. The topological polar surface area (TPSA) is 87.1 Å². The van der Waals surface area contributed by atoms with Crippen molar-refractivity contribution in [2.75, 3.05) is 12.0 Å². The highest BCUT2D eigenvalue weighted by Gasteiger charge is 2.47. The van der Waals surface area contributed by atoms with Gasteiger partial charge in [-0.3, -0.25) is 14.5 Å². The first-order valence-corrected chi connectivity index (χ1v) is 9.72. The van der Waals surface area contributed by atoms with Crippen LogP contribution in [-0.2, 0) is 9.59 Å². The summed E-state index contributed by atoms with van der Waals surface area (Å²) in [6, 6.07) is 19.6. The molecule has 0 radical (unpaired) electrons. The number of carbonyl (C=O) groups is 2. The Labute approximate surface area is 179 Å². The zero-order valence-electron chi connectivity index (χ0n) is 17.1. The van der Waals surface area contributed by atoms with Crippen LogP contribution in [0.25, 0.3) is 5.76 Å². The van der Waals surface area contributed by atoms with Crippen molar-refractivity contribution >= 4 is 23.1 Å². The molecule has 1 unspecified atom stereocenters. The minimum absolute atomic E-state index is 0.0227. The lowest BCUT2D eigenvalue weighted by atomic mass is 9.94. The van der Waals surface area contributed by atoms with Gasteiger partial charge in [-0.2, -0.15) is 0 Å². The number of ether oxygens (including phenoxy) is 1. The van der Waals surface area contributed by atoms with E-state index in [9.17, 15) is 19.8 Å². The molecule has 1 amide bonds. The maximum Gasteiger partial charge on any atom is 0.300 e. The number of aliphatic hydroxyl groups excluding tert-OH is 1. The fraction of sp³-hybridized carbons (Fsp3) is 0.120. The number of methoxy groups -OCH3 is 1. The first-order chi connectivity index (χ1) is 14.9. The summed E-state index contributed by atoms with van der Waals surface area (Å²) < 4.78 is 5.22. The number of phenolic OH excluding ortho intramolecular Hbond substituents is 1. The molecular weight excluding hydrogens is 394 g/mol. The second-order valence-corrected chi connectivity index (χ2v) is 7.31. The molecule has 0 aliphatic carbocycles. The second kappa shape index (κ2) is 7.99. The molecule has 0 spiro atoms. The Hall–Kier alpha value is -4.06. The van der Waals surface area contributed by atoms with E-state index in [2.05, 4.69) is 0 Å². The lowest BCUT2D eigenvalue weighted by Crippen LogP contribution is -2.29. The summed E-state index contributed by atoms with van der Waals surface area (Å²) in [5, 5.41) is 21.1. The minimum atomic E-state index is -0.892. The number of hydrogen-bond donors (Lipinski definition) is 2. The molecule has 4 rings (SSSR count). The quantitative estimate of drug-likeness (QED) is 0.376. The molecule has 1 aliphatic rings. The van der Waals surface area contributed by atoms with E-state index in [-0.39, 0.29) is 22.8 Å². The van der Waals surface area contributed by atoms with Crippen molar-refractivity contribution in [1.29, 1.82) is 0 Å². The molecule has 156 valence electrons. The summed E-state index contributed by atoms with van der Waals surface area (Å²) in [5.41, 5.74) is 2.38. The Morgan fingerprint density at radius 3 is 2.39 bits per heavy atom. The Morgan fingerprint density at radius 2 is 1.71 bits per heavy atom. The highest BCUT2D eigenvalue weighted by atomic mass is 16.5. The van der Waals surface area contributed by atoms with Gasteiger partial charge >= 0.3 is 0 Å². The lowest BCUT2D eigenvalue weighted by molar-refractivity contribution is -0.132. The van der Waals surface area contributed by atoms with Crippen LogP contribution in [-0.4, -0.2) is 29.0 Å². The summed E-state index contributed by atoms with van der Waals surface area (Å²) in [7, 11) is 1.42. The molecule has 0 aromatic heterocycles. The third kappa shape index (κ3) is 3.53. The number of carbonyl (C=O) groups excluding carboxylic acids is 2. The number of anilines is 1. The number of aryl methyl sites for hydroxylation is 1. The van der Waals surface area contributed by atoms with Crippen LogP contribution < -0.4 is 9.64 Å². The number of aliphatic hydroxyl groups is 1. The molecule has 0 bridgehead atoms. The zero-order valence-corrected chi connectivity index (χ0v) is 17.1. The number of Topliss-reactive ketones (excluding diaryl/α,β-unsaturated/α-hetero) is 1. The third-order valence-electron chi connectivity index (χ3n) is 5.29. The number of nitrogens with zero attached hydrogens (tertiary/aromatic N) is 1. The number of ketones is 1. The molecule has 1 aliphatic heterocycles. The van der Waals surface area contributed by atoms with E-state index >= 15 is 0 Å². The summed E-state index contributed by atoms with van der Waals surface area (Å²) in [6.45, 7) is 1.89. The lowest BCUT2D eigenvalue weighted by Gasteiger charge is -2.26. The smallest absolute Gasteiger partial charge is 0.300 e. The van der Waals surface area contributed by atoms with Gasteiger partial charge in [-0.05, 0) is 42.3 Å². The van der Waals surface area contributed by atoms with E-state index in [1.807, 2.05) is 13.0 Å². The van der Waals surface area contributed by atoms with E-state index in [1.165, 1.54) is 18.1 Å². The van der Waals surface area contributed by atoms with E-state index in [0.29, 0.717) is 16.8 Å². The standard InChI is InChI=1S/C25H21NO5/c1-15-7-6-10-18(13-15)26-22(17-11-12-19(27)20(14-17)31-2)21(24(29)25(26)30)23(28)16-8-4-3-5-9-16/h3-14,22,27-28H,1-2H3/b23-21+. The Morgan fingerprint density at radius 1 is 0.968 bits per heavy atom. The van der Waals surface area contributed by atoms with Crippen molar-refractivity contribution in [3.05, 3.63) is 95.1 Å². The molecule has 1 saturated heterocycles. The average molecular weight is 415 g/mol. The maximum atomic E-state index is 13.1. The molecule has 6 nitrogen and oxygen atoms in total. The molecular formula is C25H21NO5. The summed E-state index contributed by atoms with van der Waals surface area (Å²) in [4.78, 5) is 27.6. The third-order valence-corrected chi connectivity index (χ3v) is 5.29. The summed E-state index contributed by atoms with van der Waals surface area (Å²) in [6.07, 6.45) is 0. The van der Waals surface area contributed by atoms with Crippen molar-refractivity contribution in [3.8, 4) is 11.5 Å². The van der Waals surface area contributed by atoms with Gasteiger partial charge in [0.2, 0.25) is 0 Å². The van der Waals surface area contributed by atoms with Crippen LogP contribution in [0.3, 0.4) is 0 Å². The first kappa shape index (κ1) is 20.2. The minimum Gasteiger partial charge on any atom is -0.507 e. The van der Waals surface area contributed by atoms with E-state index < -0.39 is 17.7 Å². The second-order valence-electron chi connectivity index (χ2n) is 7.31. The fourth-order valence-corrected chi connectivity index (χ4v) is 3.81. The van der Waals surface area contributed by atoms with Gasteiger partial charge in [-0.25, -0.2) is 0 Å². The molecule has 0 saturated carbocycles. The van der Waals surface area contributed by atoms with Gasteiger partial charge in [-0.15, -0.1) is 0 Å². The number of phenols is 1. The molecule has 1 heterocycles. The van der Waals surface area contributed by atoms with Gasteiger partial charge < -0.3 is 14.9 Å². The van der Waals surface area contributed by atoms with E-state index in [4.69, 9.17) is 4.74 Å². The zero-order chi connectivity index (χ0) is 22.1. The van der Waals surface area contributed by atoms with Gasteiger partial charge in [0, 0.05) is 11.3 Å². The van der Waals surface area contributed by atoms with Crippen LogP contribution in [0.1, 0.15) is 22.7 Å². The van der Waals surface area contributed by atoms with Crippen LogP contribution in [0.5, 0.6) is 11.5 Å². The molecule has 3 aromatic rings. The van der Waals surface area contributed by atoms with Gasteiger partial charge in [-0.1, -0.05) is 48.5 Å². The van der Waals surface area contributed by atoms with Crippen molar-refractivity contribution in [2.24, 2.45) is 0 Å². The molecule has 1 fully saturated rings. The fourth-order valence-electron chi connectivity index (χ4n) is 3.81. The average Bonchev–Trinajstić information content (AvgIpc) is 3.05. The monoisotopic (exact) mass is 415 g/mol. The van der Waals surface area contributed by atoms with Crippen molar-refractivity contribution < 1.29 is 24.5 Å². The van der Waals surface area contributed by atoms with Crippen LogP contribution in [0, 0.1) is 6.92 Å². The Balaban J connectivity index is 1.98. The van der Waals surface area contributed by atoms with Crippen molar-refractivity contribution in [2.45, 2.75) is 13.0 Å². The van der Waals surface area contributed by atoms with Crippen molar-refractivity contribution in [3.63, 3.8) is 0 Å². The maximum absolute atomic E-state index is 13.1. The molecule has 2 N–H and O–H groups in total. The normalized spacial score (nSPS) is 17.7. The summed E-state index contributed by atoms with van der Waals surface area (Å²) in [5.74, 6) is -1.64. The number of rotatable bonds is 4. The Bertz CT molecular complexity index is 1200. The van der Waals surface area contributed by atoms with Crippen molar-refractivity contribution in [1.82, 2.24) is 0 Å². The number of hydrogen-bond acceptors (Lipinski definition) is 5. The highest BCUT2D eigenvalue weighted by Crippen LogP contribution is 2.44. The molecule has 6 heteroatoms. The summed E-state index contributed by atoms with van der Waals surface area (Å²) >= 11 is 0. The van der Waals surface area contributed by atoms with E-state index in [0.717, 1.165) is 5.56 Å². The van der Waals surface area contributed by atoms with E-state index in [1.54, 1.807) is 60.7 Å². The number of amides is 1. The Kier molecular flexibility index (Phi) is 5.21. The molecule has 3 aromatic carbocycles. The first-order valence-electron chi connectivity index (χ1n) is 9.72. The van der Waals surface area contributed by atoms with Crippen LogP contribution >= 0.6 is 0 Å². The predicted molar refractivity (Wildman–Crippen MR) is 117 cm³/mol. The van der Waals surface area contributed by atoms with Gasteiger partial charge in [0.25, 0.3) is 11.7 Å². The SMILES string of the molecule is COc1cc(C2/C(=C(\O)c3ccccc3)C(=O)C(=O)N2c2cccc(C)c2)ccc1O. The number of benzene rings is 3. The number of aromatic hydroxyl groups is 1. The largest absolute Gasteiger partial charge is 0.507 e. The van der Waals surface area contributed by atoms with Crippen LogP contribution in [0.15, 0.2) is 78.4 Å².